The van der Waals surface area contributed by atoms with Crippen molar-refractivity contribution in [3.05, 3.63) is 42.1 Å². The van der Waals surface area contributed by atoms with Gasteiger partial charge in [-0.05, 0) is 12.8 Å². The summed E-state index contributed by atoms with van der Waals surface area (Å²) in [6.45, 7) is 0. The van der Waals surface area contributed by atoms with E-state index in [4.69, 9.17) is 5.10 Å². The van der Waals surface area contributed by atoms with Crippen LogP contribution in [0.15, 0.2) is 36.5 Å². The molecule has 1 saturated carbocycles. The summed E-state index contributed by atoms with van der Waals surface area (Å²) in [6, 6.07) is 10.4. The van der Waals surface area contributed by atoms with Gasteiger partial charge in [0.1, 0.15) is 5.69 Å². The molecule has 0 spiro atoms. The Labute approximate surface area is 119 Å². The second-order valence-corrected chi connectivity index (χ2v) is 5.54. The summed E-state index contributed by atoms with van der Waals surface area (Å²) < 4.78 is 2.03. The van der Waals surface area contributed by atoms with Gasteiger partial charge in [0.05, 0.1) is 11.6 Å². The molecule has 1 fully saturated rings. The maximum absolute atomic E-state index is 11.3. The molecular formula is C17H20N2O. The molecule has 3 heteroatoms. The smallest absolute Gasteiger partial charge is 0.153 e. The highest BCUT2D eigenvalue weighted by Crippen LogP contribution is 2.29. The lowest BCUT2D eigenvalue weighted by molar-refractivity contribution is 0.112. The first-order valence-corrected chi connectivity index (χ1v) is 7.48. The van der Waals surface area contributed by atoms with Gasteiger partial charge in [0.25, 0.3) is 0 Å². The second-order valence-electron chi connectivity index (χ2n) is 5.54. The van der Waals surface area contributed by atoms with Crippen LogP contribution in [-0.4, -0.2) is 16.1 Å². The molecular weight excluding hydrogens is 248 g/mol. The largest absolute Gasteiger partial charge is 0.298 e. The molecule has 0 bridgehead atoms. The van der Waals surface area contributed by atoms with Gasteiger partial charge in [-0.15, -0.1) is 0 Å². The van der Waals surface area contributed by atoms with Crippen LogP contribution in [0.1, 0.15) is 54.9 Å². The summed E-state index contributed by atoms with van der Waals surface area (Å²) in [5, 5.41) is 4.70. The zero-order valence-corrected chi connectivity index (χ0v) is 11.7. The number of hydrogen-bond acceptors (Lipinski definition) is 2. The van der Waals surface area contributed by atoms with E-state index in [1.807, 2.05) is 41.2 Å². The molecule has 1 heterocycles. The first kappa shape index (κ1) is 13.1. The van der Waals surface area contributed by atoms with Crippen LogP contribution in [0.4, 0.5) is 0 Å². The molecule has 2 aromatic rings. The Morgan fingerprint density at radius 2 is 1.75 bits per heavy atom. The third-order valence-electron chi connectivity index (χ3n) is 4.13. The van der Waals surface area contributed by atoms with E-state index >= 15 is 0 Å². The van der Waals surface area contributed by atoms with Crippen molar-refractivity contribution < 1.29 is 4.79 Å². The van der Waals surface area contributed by atoms with E-state index in [2.05, 4.69) is 0 Å². The zero-order valence-electron chi connectivity index (χ0n) is 11.7. The summed E-state index contributed by atoms with van der Waals surface area (Å²) in [5.41, 5.74) is 2.52. The van der Waals surface area contributed by atoms with Crippen LogP contribution >= 0.6 is 0 Å². The summed E-state index contributed by atoms with van der Waals surface area (Å²) in [6.07, 6.45) is 10.4. The zero-order chi connectivity index (χ0) is 13.8. The van der Waals surface area contributed by atoms with Crippen LogP contribution in [0.5, 0.6) is 0 Å². The predicted octanol–water partition coefficient (Wildman–Crippen LogP) is 4.26. The number of rotatable bonds is 3. The molecule has 3 nitrogen and oxygen atoms in total. The van der Waals surface area contributed by atoms with E-state index in [0.717, 1.165) is 17.5 Å². The Morgan fingerprint density at radius 1 is 1.05 bits per heavy atom. The minimum Gasteiger partial charge on any atom is -0.298 e. The second kappa shape index (κ2) is 6.04. The molecule has 0 amide bonds. The molecule has 0 N–H and O–H groups in total. The van der Waals surface area contributed by atoms with Gasteiger partial charge in [-0.3, -0.25) is 9.48 Å². The van der Waals surface area contributed by atoms with E-state index < -0.39 is 0 Å². The lowest BCUT2D eigenvalue weighted by Crippen LogP contribution is -2.08. The molecule has 0 radical (unpaired) electrons. The van der Waals surface area contributed by atoms with Crippen molar-refractivity contribution in [3.63, 3.8) is 0 Å². The number of hydrogen-bond donors (Lipinski definition) is 0. The van der Waals surface area contributed by atoms with Crippen molar-refractivity contribution >= 4 is 6.29 Å². The third-order valence-corrected chi connectivity index (χ3v) is 4.13. The van der Waals surface area contributed by atoms with E-state index in [1.165, 1.54) is 38.5 Å². The van der Waals surface area contributed by atoms with Gasteiger partial charge in [0.2, 0.25) is 0 Å². The Balaban J connectivity index is 1.94. The molecule has 0 saturated heterocycles. The highest BCUT2D eigenvalue weighted by atomic mass is 16.1. The SMILES string of the molecule is O=Cc1cn(C2CCCCCC2)nc1-c1ccccc1. The third kappa shape index (κ3) is 2.67. The van der Waals surface area contributed by atoms with E-state index in [1.54, 1.807) is 0 Å². The number of benzene rings is 1. The maximum atomic E-state index is 11.3. The van der Waals surface area contributed by atoms with Crippen molar-refractivity contribution in [3.8, 4) is 11.3 Å². The summed E-state index contributed by atoms with van der Waals surface area (Å²) in [7, 11) is 0. The van der Waals surface area contributed by atoms with E-state index in [0.29, 0.717) is 11.6 Å². The summed E-state index contributed by atoms with van der Waals surface area (Å²) in [4.78, 5) is 11.3. The van der Waals surface area contributed by atoms with Crippen LogP contribution in [0, 0.1) is 0 Å². The van der Waals surface area contributed by atoms with Crippen LogP contribution in [0.25, 0.3) is 11.3 Å². The van der Waals surface area contributed by atoms with Gasteiger partial charge in [-0.2, -0.15) is 5.10 Å². The van der Waals surface area contributed by atoms with Gasteiger partial charge in [0, 0.05) is 11.8 Å². The minimum absolute atomic E-state index is 0.452. The number of aldehydes is 1. The molecule has 1 aromatic heterocycles. The average molecular weight is 268 g/mol. The predicted molar refractivity (Wildman–Crippen MR) is 79.8 cm³/mol. The highest BCUT2D eigenvalue weighted by Gasteiger charge is 2.18. The quantitative estimate of drug-likeness (QED) is 0.616. The number of carbonyl (C=O) groups is 1. The minimum atomic E-state index is 0.452. The Hall–Kier alpha value is -1.90. The van der Waals surface area contributed by atoms with Gasteiger partial charge in [0.15, 0.2) is 6.29 Å². The highest BCUT2D eigenvalue weighted by molar-refractivity contribution is 5.85. The molecule has 0 unspecified atom stereocenters. The molecule has 1 aliphatic rings. The first-order valence-electron chi connectivity index (χ1n) is 7.48. The summed E-state index contributed by atoms with van der Waals surface area (Å²) in [5.74, 6) is 0. The molecule has 104 valence electrons. The van der Waals surface area contributed by atoms with E-state index in [-0.39, 0.29) is 0 Å². The number of aromatic nitrogens is 2. The monoisotopic (exact) mass is 268 g/mol. The van der Waals surface area contributed by atoms with Crippen molar-refractivity contribution in [1.82, 2.24) is 9.78 Å². The standard InChI is InChI=1S/C17H20N2O/c20-13-15-12-19(16-10-6-1-2-7-11-16)18-17(15)14-8-4-3-5-9-14/h3-5,8-9,12-13,16H,1-2,6-7,10-11H2. The lowest BCUT2D eigenvalue weighted by atomic mass is 10.1. The molecule has 1 aliphatic carbocycles. The van der Waals surface area contributed by atoms with Gasteiger partial charge in [-0.1, -0.05) is 56.0 Å². The van der Waals surface area contributed by atoms with Crippen LogP contribution in [0.2, 0.25) is 0 Å². The normalized spacial score (nSPS) is 16.8. The lowest BCUT2D eigenvalue weighted by Gasteiger charge is -2.14. The Morgan fingerprint density at radius 3 is 2.40 bits per heavy atom. The maximum Gasteiger partial charge on any atom is 0.153 e. The first-order chi connectivity index (χ1) is 9.88. The van der Waals surface area contributed by atoms with E-state index in [9.17, 15) is 4.79 Å². The van der Waals surface area contributed by atoms with Crippen molar-refractivity contribution in [2.24, 2.45) is 0 Å². The van der Waals surface area contributed by atoms with Crippen LogP contribution < -0.4 is 0 Å². The molecule has 1 aromatic carbocycles. The molecule has 0 aliphatic heterocycles. The van der Waals surface area contributed by atoms with Crippen molar-refractivity contribution in [2.75, 3.05) is 0 Å². The number of nitrogens with zero attached hydrogens (tertiary/aromatic N) is 2. The molecule has 20 heavy (non-hydrogen) atoms. The van der Waals surface area contributed by atoms with Gasteiger partial charge >= 0.3 is 0 Å². The fourth-order valence-electron chi connectivity index (χ4n) is 3.02. The van der Waals surface area contributed by atoms with Crippen LogP contribution in [0.3, 0.4) is 0 Å². The molecule has 0 atom stereocenters. The average Bonchev–Trinajstić information content (AvgIpc) is 2.75. The fourth-order valence-corrected chi connectivity index (χ4v) is 3.02. The Kier molecular flexibility index (Phi) is 3.95. The topological polar surface area (TPSA) is 34.9 Å². The van der Waals surface area contributed by atoms with Gasteiger partial charge in [-0.25, -0.2) is 0 Å². The fraction of sp³-hybridized carbons (Fsp3) is 0.412. The Bertz CT molecular complexity index is 566. The van der Waals surface area contributed by atoms with Crippen molar-refractivity contribution in [1.29, 1.82) is 0 Å². The van der Waals surface area contributed by atoms with Gasteiger partial charge < -0.3 is 0 Å². The molecule has 3 rings (SSSR count). The number of carbonyl (C=O) groups excluding carboxylic acids is 1. The van der Waals surface area contributed by atoms with Crippen molar-refractivity contribution in [2.45, 2.75) is 44.6 Å². The summed E-state index contributed by atoms with van der Waals surface area (Å²) >= 11 is 0. The van der Waals surface area contributed by atoms with Crippen LogP contribution in [-0.2, 0) is 0 Å².